The van der Waals surface area contributed by atoms with Crippen LogP contribution in [0.25, 0.3) is 0 Å². The lowest BCUT2D eigenvalue weighted by Crippen LogP contribution is -2.30. The number of nitrogens with zero attached hydrogens (tertiary/aromatic N) is 1. The molecular weight excluding hydrogens is 466 g/mol. The maximum absolute atomic E-state index is 14.4. The molecule has 174 valence electrons. The van der Waals surface area contributed by atoms with Crippen LogP contribution in [0.1, 0.15) is 45.1 Å². The topological polar surface area (TPSA) is 118 Å². The standard InChI is InChI=1S/C21H23Cl2FN2O6/c1-4-31-15(28)8-6-13(21(29)30)25-20-17(23)18(16(22)19(24)26-20)32-11-5-7-14(27)12(9-11)10(2)3/h5,7,9-10,13,27H,4,6,8H2,1-3H3,(H,25,26)(H,29,30)/t13-/m1/s1. The van der Waals surface area contributed by atoms with Crippen molar-refractivity contribution in [1.29, 1.82) is 0 Å². The third kappa shape index (κ3) is 6.37. The quantitative estimate of drug-likeness (QED) is 0.302. The Hall–Kier alpha value is -2.78. The number of anilines is 1. The number of carboxylic acid groups (broad SMARTS) is 1. The van der Waals surface area contributed by atoms with Crippen LogP contribution in [0.15, 0.2) is 18.2 Å². The number of ether oxygens (including phenoxy) is 2. The highest BCUT2D eigenvalue weighted by atomic mass is 35.5. The van der Waals surface area contributed by atoms with Crippen LogP contribution in [-0.4, -0.2) is 39.8 Å². The molecule has 32 heavy (non-hydrogen) atoms. The van der Waals surface area contributed by atoms with Crippen LogP contribution in [-0.2, 0) is 14.3 Å². The molecule has 0 aliphatic carbocycles. The van der Waals surface area contributed by atoms with Gasteiger partial charge in [-0.3, -0.25) is 4.79 Å². The molecule has 2 aromatic rings. The number of halogens is 3. The zero-order valence-corrected chi connectivity index (χ0v) is 19.1. The number of hydrogen-bond acceptors (Lipinski definition) is 7. The Bertz CT molecular complexity index is 1000. The van der Waals surface area contributed by atoms with Gasteiger partial charge in [0.1, 0.15) is 27.6 Å². The van der Waals surface area contributed by atoms with Crippen LogP contribution in [0.5, 0.6) is 17.2 Å². The van der Waals surface area contributed by atoms with E-state index < -0.39 is 29.0 Å². The van der Waals surface area contributed by atoms with Gasteiger partial charge in [0.15, 0.2) is 11.6 Å². The summed E-state index contributed by atoms with van der Waals surface area (Å²) in [5.41, 5.74) is 0.590. The molecule has 0 aliphatic heterocycles. The number of rotatable bonds is 10. The Morgan fingerprint density at radius 2 is 1.94 bits per heavy atom. The van der Waals surface area contributed by atoms with Crippen molar-refractivity contribution in [3.63, 3.8) is 0 Å². The molecule has 1 aromatic carbocycles. The summed E-state index contributed by atoms with van der Waals surface area (Å²) in [5, 5.41) is 21.2. The van der Waals surface area contributed by atoms with E-state index >= 15 is 0 Å². The highest BCUT2D eigenvalue weighted by Gasteiger charge is 2.25. The molecule has 2 rings (SSSR count). The second-order valence-corrected chi connectivity index (χ2v) is 7.82. The predicted octanol–water partition coefficient (Wildman–Crippen LogP) is 5.36. The van der Waals surface area contributed by atoms with Gasteiger partial charge < -0.3 is 25.0 Å². The molecule has 3 N–H and O–H groups in total. The highest BCUT2D eigenvalue weighted by Crippen LogP contribution is 2.42. The summed E-state index contributed by atoms with van der Waals surface area (Å²) in [4.78, 5) is 26.7. The fourth-order valence-electron chi connectivity index (χ4n) is 2.77. The van der Waals surface area contributed by atoms with Gasteiger partial charge in [-0.25, -0.2) is 4.79 Å². The second kappa shape index (κ2) is 11.2. The molecule has 1 heterocycles. The van der Waals surface area contributed by atoms with E-state index in [-0.39, 0.29) is 53.5 Å². The number of benzene rings is 1. The lowest BCUT2D eigenvalue weighted by molar-refractivity contribution is -0.143. The van der Waals surface area contributed by atoms with Crippen LogP contribution >= 0.6 is 23.2 Å². The summed E-state index contributed by atoms with van der Waals surface area (Å²) in [5.74, 6) is -3.33. The van der Waals surface area contributed by atoms with Gasteiger partial charge in [0.25, 0.3) is 0 Å². The minimum absolute atomic E-state index is 0.0216. The molecule has 0 spiro atoms. The summed E-state index contributed by atoms with van der Waals surface area (Å²) in [6.07, 6.45) is -0.331. The van der Waals surface area contributed by atoms with Gasteiger partial charge in [0.2, 0.25) is 5.95 Å². The SMILES string of the molecule is CCOC(=O)CC[C@@H](Nc1nc(F)c(Cl)c(Oc2ccc(O)c(C(C)C)c2)c1Cl)C(=O)O. The minimum atomic E-state index is -1.31. The number of phenols is 1. The number of carbonyl (C=O) groups is 2. The Kier molecular flexibility index (Phi) is 8.91. The first kappa shape index (κ1) is 25.5. The summed E-state index contributed by atoms with van der Waals surface area (Å²) in [6.45, 7) is 5.53. The number of phenolic OH excluding ortho intramolecular Hbond substituents is 1. The summed E-state index contributed by atoms with van der Waals surface area (Å²) < 4.78 is 24.8. The molecule has 1 atom stereocenters. The van der Waals surface area contributed by atoms with Gasteiger partial charge in [-0.1, -0.05) is 37.0 Å². The number of carbonyl (C=O) groups excluding carboxylic acids is 1. The van der Waals surface area contributed by atoms with Crippen molar-refractivity contribution in [2.45, 2.75) is 45.6 Å². The fourth-order valence-corrected chi connectivity index (χ4v) is 3.23. The predicted molar refractivity (Wildman–Crippen MR) is 117 cm³/mol. The Balaban J connectivity index is 2.34. The normalized spacial score (nSPS) is 11.8. The van der Waals surface area contributed by atoms with Crippen LogP contribution in [0, 0.1) is 5.95 Å². The van der Waals surface area contributed by atoms with E-state index in [0.717, 1.165) is 0 Å². The molecule has 0 bridgehead atoms. The van der Waals surface area contributed by atoms with Gasteiger partial charge in [-0.2, -0.15) is 9.37 Å². The minimum Gasteiger partial charge on any atom is -0.508 e. The number of hydrogen-bond donors (Lipinski definition) is 3. The molecular formula is C21H23Cl2FN2O6. The first-order chi connectivity index (χ1) is 15.0. The molecule has 0 saturated heterocycles. The molecule has 0 amide bonds. The van der Waals surface area contributed by atoms with Gasteiger partial charge in [0, 0.05) is 12.0 Å². The summed E-state index contributed by atoms with van der Waals surface area (Å²) in [6, 6.07) is 3.11. The molecule has 0 aliphatic rings. The molecule has 0 fully saturated rings. The van der Waals surface area contributed by atoms with Gasteiger partial charge in [-0.15, -0.1) is 0 Å². The lowest BCUT2D eigenvalue weighted by Gasteiger charge is -2.18. The van der Waals surface area contributed by atoms with E-state index in [2.05, 4.69) is 10.3 Å². The maximum atomic E-state index is 14.4. The molecule has 0 radical (unpaired) electrons. The molecule has 8 nitrogen and oxygen atoms in total. The number of carboxylic acids is 1. The monoisotopic (exact) mass is 488 g/mol. The number of aliphatic carboxylic acids is 1. The van der Waals surface area contributed by atoms with Crippen LogP contribution in [0.2, 0.25) is 10.0 Å². The second-order valence-electron chi connectivity index (χ2n) is 7.06. The maximum Gasteiger partial charge on any atom is 0.326 e. The third-order valence-electron chi connectivity index (χ3n) is 4.39. The van der Waals surface area contributed by atoms with Crippen molar-refractivity contribution in [2.24, 2.45) is 0 Å². The van der Waals surface area contributed by atoms with Crippen molar-refractivity contribution in [3.8, 4) is 17.2 Å². The first-order valence-electron chi connectivity index (χ1n) is 9.75. The van der Waals surface area contributed by atoms with Crippen LogP contribution < -0.4 is 10.1 Å². The highest BCUT2D eigenvalue weighted by molar-refractivity contribution is 6.38. The number of pyridine rings is 1. The zero-order valence-electron chi connectivity index (χ0n) is 17.6. The van der Waals surface area contributed by atoms with Crippen molar-refractivity contribution in [1.82, 2.24) is 4.98 Å². The van der Waals surface area contributed by atoms with E-state index in [1.54, 1.807) is 13.0 Å². The molecule has 0 unspecified atom stereocenters. The Morgan fingerprint density at radius 3 is 2.53 bits per heavy atom. The van der Waals surface area contributed by atoms with E-state index in [9.17, 15) is 24.2 Å². The van der Waals surface area contributed by atoms with Gasteiger partial charge in [-0.05, 0) is 37.5 Å². The van der Waals surface area contributed by atoms with E-state index in [4.69, 9.17) is 32.7 Å². The summed E-state index contributed by atoms with van der Waals surface area (Å²) in [7, 11) is 0. The number of aromatic nitrogens is 1. The van der Waals surface area contributed by atoms with E-state index in [1.807, 2.05) is 13.8 Å². The first-order valence-corrected chi connectivity index (χ1v) is 10.5. The van der Waals surface area contributed by atoms with Gasteiger partial charge >= 0.3 is 11.9 Å². The van der Waals surface area contributed by atoms with E-state index in [0.29, 0.717) is 5.56 Å². The molecule has 1 aromatic heterocycles. The Morgan fingerprint density at radius 1 is 1.25 bits per heavy atom. The number of aromatic hydroxyl groups is 1. The van der Waals surface area contributed by atoms with Crippen molar-refractivity contribution >= 4 is 41.0 Å². The lowest BCUT2D eigenvalue weighted by atomic mass is 10.0. The number of nitrogens with one attached hydrogen (secondary N) is 1. The van der Waals surface area contributed by atoms with Crippen LogP contribution in [0.3, 0.4) is 0 Å². The van der Waals surface area contributed by atoms with E-state index in [1.165, 1.54) is 12.1 Å². The fraction of sp³-hybridized carbons (Fsp3) is 0.381. The van der Waals surface area contributed by atoms with Crippen molar-refractivity contribution in [3.05, 3.63) is 39.8 Å². The molecule has 11 heteroatoms. The Labute approximate surface area is 194 Å². The van der Waals surface area contributed by atoms with Crippen molar-refractivity contribution in [2.75, 3.05) is 11.9 Å². The number of esters is 1. The van der Waals surface area contributed by atoms with Gasteiger partial charge in [0.05, 0.1) is 6.61 Å². The third-order valence-corrected chi connectivity index (χ3v) is 5.07. The van der Waals surface area contributed by atoms with Crippen LogP contribution in [0.4, 0.5) is 10.2 Å². The summed E-state index contributed by atoms with van der Waals surface area (Å²) >= 11 is 12.3. The smallest absolute Gasteiger partial charge is 0.326 e. The van der Waals surface area contributed by atoms with Crippen molar-refractivity contribution < 1.29 is 33.7 Å². The average molecular weight is 489 g/mol. The largest absolute Gasteiger partial charge is 0.508 e. The zero-order chi connectivity index (χ0) is 24.0. The average Bonchev–Trinajstić information content (AvgIpc) is 2.72. The molecule has 0 saturated carbocycles.